The highest BCUT2D eigenvalue weighted by Gasteiger charge is 2.32. The fourth-order valence-corrected chi connectivity index (χ4v) is 2.64. The second-order valence-electron chi connectivity index (χ2n) is 6.27. The Bertz CT molecular complexity index is 541. The molecular formula is C16H26N4O3. The minimum absolute atomic E-state index is 0.0980. The fraction of sp³-hybridized carbons (Fsp3) is 0.688. The van der Waals surface area contributed by atoms with Crippen molar-refractivity contribution in [3.63, 3.8) is 0 Å². The molecule has 1 N–H and O–H groups in total. The van der Waals surface area contributed by atoms with E-state index in [1.54, 1.807) is 22.9 Å². The van der Waals surface area contributed by atoms with Gasteiger partial charge in [0.15, 0.2) is 0 Å². The molecule has 0 aromatic carbocycles. The SMILES string of the molecule is COCCNC(=O)[C@@H]1CN(C(=O)CCC(C)C)Cc2ccnn21. The van der Waals surface area contributed by atoms with Crippen molar-refractivity contribution >= 4 is 11.8 Å². The maximum atomic E-state index is 12.4. The lowest BCUT2D eigenvalue weighted by molar-refractivity contribution is -0.135. The Morgan fingerprint density at radius 2 is 2.26 bits per heavy atom. The van der Waals surface area contributed by atoms with Gasteiger partial charge in [0.05, 0.1) is 25.4 Å². The van der Waals surface area contributed by atoms with Crippen LogP contribution in [0.2, 0.25) is 0 Å². The quantitative estimate of drug-likeness (QED) is 0.759. The van der Waals surface area contributed by atoms with Crippen LogP contribution >= 0.6 is 0 Å². The van der Waals surface area contributed by atoms with Gasteiger partial charge in [-0.3, -0.25) is 14.3 Å². The lowest BCUT2D eigenvalue weighted by Gasteiger charge is -2.33. The van der Waals surface area contributed by atoms with Gasteiger partial charge in [0.25, 0.3) is 0 Å². The number of hydrogen-bond acceptors (Lipinski definition) is 4. The maximum absolute atomic E-state index is 12.4. The molecule has 7 nitrogen and oxygen atoms in total. The Balaban J connectivity index is 2.04. The lowest BCUT2D eigenvalue weighted by Crippen LogP contribution is -2.47. The number of rotatable bonds is 7. The van der Waals surface area contributed by atoms with Gasteiger partial charge in [0, 0.05) is 26.3 Å². The van der Waals surface area contributed by atoms with Crippen molar-refractivity contribution in [3.05, 3.63) is 18.0 Å². The Labute approximate surface area is 137 Å². The van der Waals surface area contributed by atoms with Crippen LogP contribution in [0.1, 0.15) is 38.4 Å². The first-order valence-corrected chi connectivity index (χ1v) is 8.09. The van der Waals surface area contributed by atoms with Crippen LogP contribution in [-0.2, 0) is 20.9 Å². The first-order chi connectivity index (χ1) is 11.0. The number of ether oxygens (including phenoxy) is 1. The summed E-state index contributed by atoms with van der Waals surface area (Å²) in [5, 5.41) is 7.07. The largest absolute Gasteiger partial charge is 0.383 e. The summed E-state index contributed by atoms with van der Waals surface area (Å²) in [7, 11) is 1.59. The standard InChI is InChI=1S/C16H26N4O3/c1-12(2)4-5-15(21)19-10-13-6-7-18-20(13)14(11-19)16(22)17-8-9-23-3/h6-7,12,14H,4-5,8-11H2,1-3H3,(H,17,22)/t14-/m0/s1. The third kappa shape index (κ3) is 4.54. The van der Waals surface area contributed by atoms with Crippen LogP contribution < -0.4 is 5.32 Å². The van der Waals surface area contributed by atoms with E-state index in [9.17, 15) is 9.59 Å². The van der Waals surface area contributed by atoms with Crippen molar-refractivity contribution in [2.24, 2.45) is 5.92 Å². The van der Waals surface area contributed by atoms with E-state index < -0.39 is 6.04 Å². The first kappa shape index (κ1) is 17.5. The fourth-order valence-electron chi connectivity index (χ4n) is 2.64. The van der Waals surface area contributed by atoms with Crippen molar-refractivity contribution < 1.29 is 14.3 Å². The summed E-state index contributed by atoms with van der Waals surface area (Å²) in [6, 6.07) is 1.38. The molecule has 1 aliphatic rings. The van der Waals surface area contributed by atoms with Crippen LogP contribution in [0.4, 0.5) is 0 Å². The van der Waals surface area contributed by atoms with Crippen LogP contribution in [-0.4, -0.2) is 53.3 Å². The number of hydrogen-bond donors (Lipinski definition) is 1. The predicted molar refractivity (Wildman–Crippen MR) is 85.6 cm³/mol. The molecule has 23 heavy (non-hydrogen) atoms. The van der Waals surface area contributed by atoms with E-state index in [4.69, 9.17) is 4.74 Å². The molecule has 1 atom stereocenters. The van der Waals surface area contributed by atoms with Gasteiger partial charge in [-0.15, -0.1) is 0 Å². The molecule has 2 rings (SSSR count). The van der Waals surface area contributed by atoms with Crippen LogP contribution in [0.3, 0.4) is 0 Å². The molecule has 128 valence electrons. The molecule has 1 aliphatic heterocycles. The van der Waals surface area contributed by atoms with Gasteiger partial charge < -0.3 is 15.0 Å². The highest BCUT2D eigenvalue weighted by atomic mass is 16.5. The molecule has 0 fully saturated rings. The summed E-state index contributed by atoms with van der Waals surface area (Å²) in [6.45, 7) is 5.99. The molecule has 0 bridgehead atoms. The van der Waals surface area contributed by atoms with E-state index in [1.165, 1.54) is 0 Å². The molecule has 1 aromatic rings. The zero-order valence-electron chi connectivity index (χ0n) is 14.1. The molecule has 7 heteroatoms. The van der Waals surface area contributed by atoms with E-state index in [1.807, 2.05) is 6.07 Å². The second kappa shape index (κ2) is 8.10. The van der Waals surface area contributed by atoms with E-state index >= 15 is 0 Å². The third-order valence-corrected chi connectivity index (χ3v) is 3.99. The summed E-state index contributed by atoms with van der Waals surface area (Å²) in [6.07, 6.45) is 3.05. The average molecular weight is 322 g/mol. The Morgan fingerprint density at radius 1 is 1.48 bits per heavy atom. The van der Waals surface area contributed by atoms with Crippen molar-refractivity contribution in [2.75, 3.05) is 26.8 Å². The topological polar surface area (TPSA) is 76.5 Å². The zero-order valence-corrected chi connectivity index (χ0v) is 14.1. The van der Waals surface area contributed by atoms with Gasteiger partial charge in [0.1, 0.15) is 6.04 Å². The number of carbonyl (C=O) groups excluding carboxylic acids is 2. The first-order valence-electron chi connectivity index (χ1n) is 8.09. The monoisotopic (exact) mass is 322 g/mol. The number of methoxy groups -OCH3 is 1. The van der Waals surface area contributed by atoms with Gasteiger partial charge in [0.2, 0.25) is 11.8 Å². The van der Waals surface area contributed by atoms with E-state index in [-0.39, 0.29) is 11.8 Å². The second-order valence-corrected chi connectivity index (χ2v) is 6.27. The number of nitrogens with zero attached hydrogens (tertiary/aromatic N) is 3. The summed E-state index contributed by atoms with van der Waals surface area (Å²) in [5.41, 5.74) is 0.890. The normalized spacial score (nSPS) is 17.2. The maximum Gasteiger partial charge on any atom is 0.246 e. The number of fused-ring (bicyclic) bond motifs is 1. The van der Waals surface area contributed by atoms with Crippen LogP contribution in [0.5, 0.6) is 0 Å². The Kier molecular flexibility index (Phi) is 6.15. The highest BCUT2D eigenvalue weighted by Crippen LogP contribution is 2.22. The Morgan fingerprint density at radius 3 is 2.96 bits per heavy atom. The minimum atomic E-state index is -0.478. The molecule has 0 saturated carbocycles. The van der Waals surface area contributed by atoms with Crippen LogP contribution in [0.25, 0.3) is 0 Å². The molecule has 0 saturated heterocycles. The van der Waals surface area contributed by atoms with Crippen molar-refractivity contribution in [1.29, 1.82) is 0 Å². The third-order valence-electron chi connectivity index (χ3n) is 3.99. The van der Waals surface area contributed by atoms with Crippen LogP contribution in [0.15, 0.2) is 12.3 Å². The van der Waals surface area contributed by atoms with E-state index in [0.717, 1.165) is 12.1 Å². The van der Waals surface area contributed by atoms with Crippen molar-refractivity contribution in [3.8, 4) is 0 Å². The molecule has 2 heterocycles. The number of carbonyl (C=O) groups is 2. The van der Waals surface area contributed by atoms with E-state index in [0.29, 0.717) is 38.6 Å². The number of amides is 2. The van der Waals surface area contributed by atoms with Crippen molar-refractivity contribution in [2.45, 2.75) is 39.3 Å². The molecular weight excluding hydrogens is 296 g/mol. The average Bonchev–Trinajstić information content (AvgIpc) is 3.00. The minimum Gasteiger partial charge on any atom is -0.383 e. The molecule has 0 radical (unpaired) electrons. The van der Waals surface area contributed by atoms with Gasteiger partial charge in [-0.25, -0.2) is 0 Å². The zero-order chi connectivity index (χ0) is 16.8. The Hall–Kier alpha value is -1.89. The molecule has 0 spiro atoms. The van der Waals surface area contributed by atoms with Gasteiger partial charge in [-0.05, 0) is 18.4 Å². The van der Waals surface area contributed by atoms with Gasteiger partial charge in [-0.1, -0.05) is 13.8 Å². The van der Waals surface area contributed by atoms with Crippen molar-refractivity contribution in [1.82, 2.24) is 20.0 Å². The molecule has 1 aromatic heterocycles. The molecule has 0 unspecified atom stereocenters. The molecule has 0 aliphatic carbocycles. The van der Waals surface area contributed by atoms with E-state index in [2.05, 4.69) is 24.3 Å². The summed E-state index contributed by atoms with van der Waals surface area (Å²) >= 11 is 0. The lowest BCUT2D eigenvalue weighted by atomic mass is 10.1. The summed E-state index contributed by atoms with van der Waals surface area (Å²) in [4.78, 5) is 26.6. The summed E-state index contributed by atoms with van der Waals surface area (Å²) in [5.74, 6) is 0.455. The number of aromatic nitrogens is 2. The predicted octanol–water partition coefficient (Wildman–Crippen LogP) is 0.965. The molecule has 2 amide bonds. The van der Waals surface area contributed by atoms with Gasteiger partial charge in [-0.2, -0.15) is 5.10 Å². The number of nitrogens with one attached hydrogen (secondary N) is 1. The summed E-state index contributed by atoms with van der Waals surface area (Å²) < 4.78 is 6.66. The smallest absolute Gasteiger partial charge is 0.246 e. The van der Waals surface area contributed by atoms with Gasteiger partial charge >= 0.3 is 0 Å². The van der Waals surface area contributed by atoms with Crippen LogP contribution in [0, 0.1) is 5.92 Å². The highest BCUT2D eigenvalue weighted by molar-refractivity contribution is 5.82.